The highest BCUT2D eigenvalue weighted by molar-refractivity contribution is 9.11. The Balaban J connectivity index is 2.15. The maximum Gasteiger partial charge on any atom is 0.265 e. The smallest absolute Gasteiger partial charge is 0.265 e. The number of aromatic nitrogens is 1. The van der Waals surface area contributed by atoms with E-state index in [9.17, 15) is 8.42 Å². The number of sulfonamides is 1. The van der Waals surface area contributed by atoms with Gasteiger partial charge in [-0.2, -0.15) is 0 Å². The van der Waals surface area contributed by atoms with E-state index < -0.39 is 10.0 Å². The fourth-order valence-electron chi connectivity index (χ4n) is 1.50. The molecule has 0 saturated heterocycles. The average Bonchev–Trinajstić information content (AvgIpc) is 2.99. The minimum Gasteiger partial charge on any atom is -0.312 e. The van der Waals surface area contributed by atoms with E-state index in [1.54, 1.807) is 17.6 Å². The van der Waals surface area contributed by atoms with Gasteiger partial charge in [-0.25, -0.2) is 13.4 Å². The van der Waals surface area contributed by atoms with Crippen LogP contribution in [0.3, 0.4) is 0 Å². The van der Waals surface area contributed by atoms with Crippen molar-refractivity contribution in [1.82, 2.24) is 10.3 Å². The molecule has 5 nitrogen and oxygen atoms in total. The molecule has 0 aliphatic carbocycles. The van der Waals surface area contributed by atoms with Crippen LogP contribution >= 0.6 is 38.6 Å². The molecule has 0 spiro atoms. The summed E-state index contributed by atoms with van der Waals surface area (Å²) in [5, 5.41) is 5.35. The van der Waals surface area contributed by atoms with Crippen molar-refractivity contribution in [1.29, 1.82) is 0 Å². The molecule has 2 rings (SSSR count). The summed E-state index contributed by atoms with van der Waals surface area (Å²) in [6, 6.07) is 1.69. The third-order valence-electron chi connectivity index (χ3n) is 2.38. The number of nitrogens with zero attached hydrogens (tertiary/aromatic N) is 1. The van der Waals surface area contributed by atoms with E-state index in [1.165, 1.54) is 22.7 Å². The van der Waals surface area contributed by atoms with Crippen LogP contribution in [-0.2, 0) is 16.6 Å². The van der Waals surface area contributed by atoms with Crippen LogP contribution in [-0.4, -0.2) is 19.9 Å². The fraction of sp³-hybridized carbons (Fsp3) is 0.364. The first-order valence-electron chi connectivity index (χ1n) is 5.94. The molecule has 20 heavy (non-hydrogen) atoms. The summed E-state index contributed by atoms with van der Waals surface area (Å²) in [5.74, 6) is 0. The van der Waals surface area contributed by atoms with Crippen molar-refractivity contribution in [2.24, 2.45) is 0 Å². The lowest BCUT2D eigenvalue weighted by Crippen LogP contribution is -2.13. The molecule has 0 saturated carbocycles. The van der Waals surface area contributed by atoms with Crippen molar-refractivity contribution in [2.45, 2.75) is 24.8 Å². The number of hydrogen-bond donors (Lipinski definition) is 2. The third-order valence-corrected chi connectivity index (χ3v) is 6.78. The quantitative estimate of drug-likeness (QED) is 0.705. The molecule has 2 aromatic rings. The normalized spacial score (nSPS) is 11.7. The van der Waals surface area contributed by atoms with Crippen molar-refractivity contribution >= 4 is 53.8 Å². The maximum absolute atomic E-state index is 12.3. The van der Waals surface area contributed by atoms with E-state index in [0.29, 0.717) is 15.5 Å². The highest BCUT2D eigenvalue weighted by Crippen LogP contribution is 2.33. The predicted octanol–water partition coefficient (Wildman–Crippen LogP) is 3.27. The molecule has 0 amide bonds. The van der Waals surface area contributed by atoms with Gasteiger partial charge in [0.15, 0.2) is 5.13 Å². The van der Waals surface area contributed by atoms with Crippen LogP contribution < -0.4 is 10.0 Å². The van der Waals surface area contributed by atoms with Gasteiger partial charge in [0, 0.05) is 23.0 Å². The molecule has 2 heterocycles. The van der Waals surface area contributed by atoms with Gasteiger partial charge in [0.1, 0.15) is 4.90 Å². The van der Waals surface area contributed by atoms with Crippen LogP contribution in [0.15, 0.2) is 26.3 Å². The maximum atomic E-state index is 12.3. The zero-order chi connectivity index (χ0) is 14.6. The van der Waals surface area contributed by atoms with Crippen molar-refractivity contribution in [2.75, 3.05) is 11.3 Å². The molecular weight excluding hydrogens is 382 g/mol. The summed E-state index contributed by atoms with van der Waals surface area (Å²) >= 11 is 5.99. The third kappa shape index (κ3) is 4.01. The monoisotopic (exact) mass is 395 g/mol. The first-order chi connectivity index (χ1) is 9.53. The lowest BCUT2D eigenvalue weighted by Gasteiger charge is -2.03. The molecular formula is C11H14BrN3O2S3. The molecule has 0 atom stereocenters. The van der Waals surface area contributed by atoms with E-state index in [1.807, 2.05) is 0 Å². The van der Waals surface area contributed by atoms with Gasteiger partial charge in [0.25, 0.3) is 10.0 Å². The molecule has 0 fully saturated rings. The number of anilines is 1. The Bertz CT molecular complexity index is 653. The average molecular weight is 396 g/mol. The topological polar surface area (TPSA) is 71.1 Å². The zero-order valence-electron chi connectivity index (χ0n) is 10.7. The second-order valence-corrected chi connectivity index (χ2v) is 8.97. The Morgan fingerprint density at radius 2 is 2.25 bits per heavy atom. The number of halogens is 1. The summed E-state index contributed by atoms with van der Waals surface area (Å²) in [4.78, 5) is 5.16. The zero-order valence-corrected chi connectivity index (χ0v) is 14.8. The van der Waals surface area contributed by atoms with Crippen LogP contribution in [0.2, 0.25) is 0 Å². The number of nitrogens with one attached hydrogen (secondary N) is 2. The van der Waals surface area contributed by atoms with E-state index in [4.69, 9.17) is 0 Å². The molecule has 2 N–H and O–H groups in total. The van der Waals surface area contributed by atoms with Crippen molar-refractivity contribution < 1.29 is 8.42 Å². The van der Waals surface area contributed by atoms with Crippen molar-refractivity contribution in [3.05, 3.63) is 26.3 Å². The van der Waals surface area contributed by atoms with E-state index in [-0.39, 0.29) is 4.90 Å². The minimum atomic E-state index is -3.59. The molecule has 0 aliphatic heterocycles. The number of thiazole rings is 1. The van der Waals surface area contributed by atoms with Crippen LogP contribution in [0.5, 0.6) is 0 Å². The van der Waals surface area contributed by atoms with Gasteiger partial charge in [-0.05, 0) is 35.0 Å². The van der Waals surface area contributed by atoms with Crippen LogP contribution in [0.25, 0.3) is 0 Å². The lowest BCUT2D eigenvalue weighted by molar-refractivity contribution is 0.601. The first-order valence-corrected chi connectivity index (χ1v) is 9.91. The predicted molar refractivity (Wildman–Crippen MR) is 86.9 cm³/mol. The second kappa shape index (κ2) is 6.99. The fourth-order valence-corrected chi connectivity index (χ4v) is 5.94. The van der Waals surface area contributed by atoms with Gasteiger partial charge in [-0.15, -0.1) is 22.7 Å². The minimum absolute atomic E-state index is 0.256. The number of rotatable bonds is 7. The molecule has 0 aromatic carbocycles. The lowest BCUT2D eigenvalue weighted by atomic mass is 10.4. The molecule has 0 bridgehead atoms. The van der Waals surface area contributed by atoms with Crippen LogP contribution in [0.4, 0.5) is 5.13 Å². The standard InChI is InChI=1S/C11H14BrN3O2S3/c1-2-3-13-7-8-6-9(10(12)19-8)20(16,17)15-11-14-4-5-18-11/h4-6,13H,2-3,7H2,1H3,(H,14,15). The van der Waals surface area contributed by atoms with Gasteiger partial charge < -0.3 is 5.32 Å². The Hall–Kier alpha value is -0.480. The number of hydrogen-bond acceptors (Lipinski definition) is 6. The van der Waals surface area contributed by atoms with Crippen molar-refractivity contribution in [3.63, 3.8) is 0 Å². The summed E-state index contributed by atoms with van der Waals surface area (Å²) in [7, 11) is -3.59. The molecule has 9 heteroatoms. The van der Waals surface area contributed by atoms with Gasteiger partial charge in [0.05, 0.1) is 3.79 Å². The Kier molecular flexibility index (Phi) is 5.56. The van der Waals surface area contributed by atoms with Gasteiger partial charge >= 0.3 is 0 Å². The summed E-state index contributed by atoms with van der Waals surface area (Å²) in [6.45, 7) is 3.67. The van der Waals surface area contributed by atoms with Gasteiger partial charge in [0.2, 0.25) is 0 Å². The van der Waals surface area contributed by atoms with Crippen molar-refractivity contribution in [3.8, 4) is 0 Å². The summed E-state index contributed by atoms with van der Waals surface area (Å²) in [6.07, 6.45) is 2.61. The molecule has 0 radical (unpaired) electrons. The summed E-state index contributed by atoms with van der Waals surface area (Å²) in [5.41, 5.74) is 0. The summed E-state index contributed by atoms with van der Waals surface area (Å²) < 4.78 is 27.6. The van der Waals surface area contributed by atoms with E-state index >= 15 is 0 Å². The Labute approximate surface area is 134 Å². The molecule has 0 aliphatic rings. The molecule has 2 aromatic heterocycles. The first kappa shape index (κ1) is 15.9. The van der Waals surface area contributed by atoms with Gasteiger partial charge in [-0.3, -0.25) is 4.72 Å². The number of thiophene rings is 1. The molecule has 110 valence electrons. The largest absolute Gasteiger partial charge is 0.312 e. The SMILES string of the molecule is CCCNCc1cc(S(=O)(=O)Nc2nccs2)c(Br)s1. The highest BCUT2D eigenvalue weighted by Gasteiger charge is 2.21. The van der Waals surface area contributed by atoms with Crippen LogP contribution in [0.1, 0.15) is 18.2 Å². The highest BCUT2D eigenvalue weighted by atomic mass is 79.9. The van der Waals surface area contributed by atoms with E-state index in [0.717, 1.165) is 17.8 Å². The molecule has 0 unspecified atom stereocenters. The van der Waals surface area contributed by atoms with Gasteiger partial charge in [-0.1, -0.05) is 6.92 Å². The van der Waals surface area contributed by atoms with Crippen LogP contribution in [0, 0.1) is 0 Å². The Morgan fingerprint density at radius 1 is 1.45 bits per heavy atom. The second-order valence-electron chi connectivity index (χ2n) is 3.97. The Morgan fingerprint density at radius 3 is 2.90 bits per heavy atom. The van der Waals surface area contributed by atoms with E-state index in [2.05, 4.69) is 37.9 Å².